The summed E-state index contributed by atoms with van der Waals surface area (Å²) in [5.74, 6) is -2.00. The number of aromatic nitrogens is 2. The Kier molecular flexibility index (Phi) is 1.61. The van der Waals surface area contributed by atoms with E-state index >= 15 is 0 Å². The van der Waals surface area contributed by atoms with Gasteiger partial charge in [-0.25, -0.2) is 13.8 Å². The maximum Gasteiger partial charge on any atom is 0.262 e. The first-order valence-electron chi connectivity index (χ1n) is 3.78. The van der Waals surface area contributed by atoms with Crippen LogP contribution in [0.3, 0.4) is 0 Å². The molecule has 0 spiro atoms. The van der Waals surface area contributed by atoms with E-state index in [9.17, 15) is 8.78 Å². The fourth-order valence-corrected chi connectivity index (χ4v) is 1.38. The molecule has 1 atom stereocenters. The van der Waals surface area contributed by atoms with Crippen molar-refractivity contribution in [3.05, 3.63) is 18.2 Å². The van der Waals surface area contributed by atoms with Gasteiger partial charge in [-0.15, -0.1) is 0 Å². The Morgan fingerprint density at radius 2 is 2.42 bits per heavy atom. The molecule has 0 aromatic carbocycles. The Morgan fingerprint density at radius 1 is 1.58 bits per heavy atom. The summed E-state index contributed by atoms with van der Waals surface area (Å²) in [6, 6.07) is -0.324. The van der Waals surface area contributed by atoms with E-state index < -0.39 is 5.92 Å². The second-order valence-electron chi connectivity index (χ2n) is 2.97. The SMILES string of the molecule is FC1(F)CNC(c2ncc[nH]2)C1. The summed E-state index contributed by atoms with van der Waals surface area (Å²) in [6.07, 6.45) is 3.03. The number of hydrogen-bond donors (Lipinski definition) is 2. The molecule has 1 unspecified atom stereocenters. The lowest BCUT2D eigenvalue weighted by Crippen LogP contribution is -2.19. The summed E-state index contributed by atoms with van der Waals surface area (Å²) in [5, 5.41) is 2.71. The fraction of sp³-hybridized carbons (Fsp3) is 0.571. The topological polar surface area (TPSA) is 40.7 Å². The van der Waals surface area contributed by atoms with Gasteiger partial charge in [0.15, 0.2) is 0 Å². The molecule has 1 aromatic heterocycles. The smallest absolute Gasteiger partial charge is 0.262 e. The third kappa shape index (κ3) is 1.32. The minimum absolute atomic E-state index is 0.166. The maximum atomic E-state index is 12.7. The zero-order chi connectivity index (χ0) is 8.60. The minimum atomic E-state index is -2.59. The van der Waals surface area contributed by atoms with Gasteiger partial charge < -0.3 is 10.3 Å². The van der Waals surface area contributed by atoms with Crippen molar-refractivity contribution in [2.45, 2.75) is 18.4 Å². The first kappa shape index (κ1) is 7.67. The lowest BCUT2D eigenvalue weighted by atomic mass is 10.2. The fourth-order valence-electron chi connectivity index (χ4n) is 1.38. The van der Waals surface area contributed by atoms with Crippen LogP contribution in [0.15, 0.2) is 12.4 Å². The normalized spacial score (nSPS) is 27.7. The van der Waals surface area contributed by atoms with E-state index in [1.165, 1.54) is 0 Å². The molecule has 0 radical (unpaired) electrons. The maximum absolute atomic E-state index is 12.7. The van der Waals surface area contributed by atoms with Crippen LogP contribution in [-0.2, 0) is 0 Å². The highest BCUT2D eigenvalue weighted by molar-refractivity contribution is 5.01. The van der Waals surface area contributed by atoms with Crippen LogP contribution in [0.2, 0.25) is 0 Å². The lowest BCUT2D eigenvalue weighted by Gasteiger charge is -2.06. The van der Waals surface area contributed by atoms with Gasteiger partial charge in [0, 0.05) is 18.8 Å². The summed E-state index contributed by atoms with van der Waals surface area (Å²) in [4.78, 5) is 6.72. The number of imidazole rings is 1. The number of nitrogens with zero attached hydrogens (tertiary/aromatic N) is 1. The van der Waals surface area contributed by atoms with Crippen molar-refractivity contribution in [2.24, 2.45) is 0 Å². The van der Waals surface area contributed by atoms with E-state index in [0.717, 1.165) is 0 Å². The summed E-state index contributed by atoms with van der Waals surface area (Å²) in [5.41, 5.74) is 0. The number of alkyl halides is 2. The van der Waals surface area contributed by atoms with Crippen molar-refractivity contribution in [1.29, 1.82) is 0 Å². The number of H-pyrrole nitrogens is 1. The third-order valence-corrected chi connectivity index (χ3v) is 1.96. The van der Waals surface area contributed by atoms with Crippen LogP contribution >= 0.6 is 0 Å². The van der Waals surface area contributed by atoms with Crippen LogP contribution in [0.4, 0.5) is 8.78 Å². The van der Waals surface area contributed by atoms with E-state index in [2.05, 4.69) is 15.3 Å². The van der Waals surface area contributed by atoms with Gasteiger partial charge in [0.25, 0.3) is 5.92 Å². The highest BCUT2D eigenvalue weighted by Gasteiger charge is 2.40. The van der Waals surface area contributed by atoms with Crippen molar-refractivity contribution in [3.8, 4) is 0 Å². The van der Waals surface area contributed by atoms with Gasteiger partial charge in [-0.05, 0) is 0 Å². The van der Waals surface area contributed by atoms with Gasteiger partial charge in [0.2, 0.25) is 0 Å². The Hall–Kier alpha value is -0.970. The van der Waals surface area contributed by atoms with Crippen molar-refractivity contribution >= 4 is 0 Å². The molecule has 2 rings (SSSR count). The van der Waals surface area contributed by atoms with Crippen molar-refractivity contribution < 1.29 is 8.78 Å². The highest BCUT2D eigenvalue weighted by atomic mass is 19.3. The predicted octanol–water partition coefficient (Wildman–Crippen LogP) is 1.08. The average Bonchev–Trinajstić information content (AvgIpc) is 2.55. The monoisotopic (exact) mass is 173 g/mol. The molecular weight excluding hydrogens is 164 g/mol. The van der Waals surface area contributed by atoms with Gasteiger partial charge in [-0.3, -0.25) is 0 Å². The largest absolute Gasteiger partial charge is 0.347 e. The molecule has 5 heteroatoms. The number of nitrogens with one attached hydrogen (secondary N) is 2. The molecule has 1 aromatic rings. The van der Waals surface area contributed by atoms with Crippen molar-refractivity contribution in [3.63, 3.8) is 0 Å². The average molecular weight is 173 g/mol. The Labute approximate surface area is 68.2 Å². The highest BCUT2D eigenvalue weighted by Crippen LogP contribution is 2.32. The number of hydrogen-bond acceptors (Lipinski definition) is 2. The van der Waals surface area contributed by atoms with E-state index in [1.54, 1.807) is 12.4 Å². The molecule has 0 aliphatic carbocycles. The molecule has 0 saturated carbocycles. The molecule has 1 aliphatic heterocycles. The van der Waals surface area contributed by atoms with Gasteiger partial charge >= 0.3 is 0 Å². The number of halogens is 2. The van der Waals surface area contributed by atoms with Gasteiger partial charge in [-0.2, -0.15) is 0 Å². The molecule has 1 aliphatic rings. The second kappa shape index (κ2) is 2.52. The van der Waals surface area contributed by atoms with Crippen LogP contribution in [0, 0.1) is 0 Å². The Bertz CT molecular complexity index is 258. The first-order valence-corrected chi connectivity index (χ1v) is 3.78. The van der Waals surface area contributed by atoms with Gasteiger partial charge in [0.1, 0.15) is 5.82 Å². The number of aromatic amines is 1. The molecular formula is C7H9F2N3. The van der Waals surface area contributed by atoms with Crippen LogP contribution in [0.1, 0.15) is 18.3 Å². The summed E-state index contributed by atoms with van der Waals surface area (Å²) < 4.78 is 25.4. The predicted molar refractivity (Wildman–Crippen MR) is 38.9 cm³/mol. The number of rotatable bonds is 1. The van der Waals surface area contributed by atoms with Crippen molar-refractivity contribution in [1.82, 2.24) is 15.3 Å². The van der Waals surface area contributed by atoms with Crippen LogP contribution in [-0.4, -0.2) is 22.4 Å². The van der Waals surface area contributed by atoms with E-state index in [-0.39, 0.29) is 19.0 Å². The zero-order valence-corrected chi connectivity index (χ0v) is 6.35. The molecule has 0 amide bonds. The van der Waals surface area contributed by atoms with E-state index in [0.29, 0.717) is 5.82 Å². The summed E-state index contributed by atoms with van der Waals surface area (Å²) in [7, 11) is 0. The third-order valence-electron chi connectivity index (χ3n) is 1.96. The van der Waals surface area contributed by atoms with Crippen LogP contribution < -0.4 is 5.32 Å². The van der Waals surface area contributed by atoms with Crippen LogP contribution in [0.5, 0.6) is 0 Å². The molecule has 2 heterocycles. The standard InChI is InChI=1S/C7H9F2N3/c8-7(9)3-5(12-4-7)6-10-1-2-11-6/h1-2,5,12H,3-4H2,(H,10,11). The second-order valence-corrected chi connectivity index (χ2v) is 2.97. The van der Waals surface area contributed by atoms with Crippen molar-refractivity contribution in [2.75, 3.05) is 6.54 Å². The van der Waals surface area contributed by atoms with E-state index in [1.807, 2.05) is 0 Å². The lowest BCUT2D eigenvalue weighted by molar-refractivity contribution is 0.0208. The molecule has 1 saturated heterocycles. The van der Waals surface area contributed by atoms with Crippen LogP contribution in [0.25, 0.3) is 0 Å². The quantitative estimate of drug-likeness (QED) is 0.667. The molecule has 3 nitrogen and oxygen atoms in total. The molecule has 1 fully saturated rings. The zero-order valence-electron chi connectivity index (χ0n) is 6.35. The molecule has 12 heavy (non-hydrogen) atoms. The summed E-state index contributed by atoms with van der Waals surface area (Å²) >= 11 is 0. The molecule has 0 bridgehead atoms. The first-order chi connectivity index (χ1) is 5.67. The Balaban J connectivity index is 2.10. The van der Waals surface area contributed by atoms with Gasteiger partial charge in [-0.1, -0.05) is 0 Å². The summed E-state index contributed by atoms with van der Waals surface area (Å²) in [6.45, 7) is -0.252. The van der Waals surface area contributed by atoms with E-state index in [4.69, 9.17) is 0 Å². The minimum Gasteiger partial charge on any atom is -0.347 e. The molecule has 66 valence electrons. The van der Waals surface area contributed by atoms with Gasteiger partial charge in [0.05, 0.1) is 12.6 Å². The Morgan fingerprint density at radius 3 is 2.92 bits per heavy atom. The molecule has 2 N–H and O–H groups in total.